The molecular weight excluding hydrogens is 521 g/mol. The van der Waals surface area contributed by atoms with Gasteiger partial charge in [-0.05, 0) is 27.7 Å². The third kappa shape index (κ3) is 4.96. The fourth-order valence-corrected chi connectivity index (χ4v) is 14.8. The van der Waals surface area contributed by atoms with E-state index in [0.717, 1.165) is 16.1 Å². The molecular formula is C36H30O2Si2. The first-order chi connectivity index (χ1) is 19.8. The molecule has 0 aliphatic heterocycles. The number of benzene rings is 6. The molecule has 6 aromatic carbocycles. The number of rotatable bonds is 9. The van der Waals surface area contributed by atoms with Gasteiger partial charge in [0.15, 0.2) is 0 Å². The monoisotopic (exact) mass is 550 g/mol. The molecule has 0 saturated carbocycles. The van der Waals surface area contributed by atoms with Gasteiger partial charge < -0.3 is 8.54 Å². The van der Waals surface area contributed by atoms with Crippen LogP contribution in [0.15, 0.2) is 182 Å². The van der Waals surface area contributed by atoms with E-state index in [1.165, 1.54) is 15.6 Å². The van der Waals surface area contributed by atoms with Crippen LogP contribution < -0.4 is 30.4 Å². The molecule has 0 unspecified atom stereocenters. The largest absolute Gasteiger partial charge is 0.514 e. The van der Waals surface area contributed by atoms with Gasteiger partial charge in [0.2, 0.25) is 0 Å². The van der Waals surface area contributed by atoms with Crippen LogP contribution in [0.3, 0.4) is 0 Å². The zero-order valence-electron chi connectivity index (χ0n) is 22.1. The van der Waals surface area contributed by atoms with Crippen LogP contribution in [-0.2, 0) is 4.12 Å². The summed E-state index contributed by atoms with van der Waals surface area (Å²) in [5.41, 5.74) is 0. The van der Waals surface area contributed by atoms with E-state index < -0.39 is 16.9 Å². The normalized spacial score (nSPS) is 11.6. The highest BCUT2D eigenvalue weighted by Gasteiger charge is 2.55. The summed E-state index contributed by atoms with van der Waals surface area (Å²) in [6.45, 7) is 0. The van der Waals surface area contributed by atoms with Crippen LogP contribution in [0.4, 0.5) is 0 Å². The molecule has 0 aliphatic rings. The molecule has 0 saturated heterocycles. The summed E-state index contributed by atoms with van der Waals surface area (Å²) in [6.07, 6.45) is 0. The summed E-state index contributed by atoms with van der Waals surface area (Å²) in [7, 11) is -6.55. The van der Waals surface area contributed by atoms with Gasteiger partial charge in [0, 0.05) is 10.4 Å². The highest BCUT2D eigenvalue weighted by Crippen LogP contribution is 2.22. The maximum Gasteiger partial charge on any atom is 0.459 e. The van der Waals surface area contributed by atoms with Crippen LogP contribution in [0.2, 0.25) is 0 Å². The third-order valence-electron chi connectivity index (χ3n) is 7.15. The van der Waals surface area contributed by atoms with Crippen molar-refractivity contribution in [3.63, 3.8) is 0 Å². The molecule has 0 aliphatic carbocycles. The van der Waals surface area contributed by atoms with Gasteiger partial charge in [-0.3, -0.25) is 0 Å². The molecule has 40 heavy (non-hydrogen) atoms. The quantitative estimate of drug-likeness (QED) is 0.186. The fraction of sp³-hybridized carbons (Fsp3) is 0. The lowest BCUT2D eigenvalue weighted by Crippen LogP contribution is -2.79. The standard InChI is InChI=1S/C36H30O2Si2/c1-7-19-31(20-8-1)37-40(35-27-15-5-16-28-35,36-29-17-6-18-30-36)38-39(32-21-9-2-10-22-32,33-23-11-3-12-24-33)34-25-13-4-14-26-34/h1-30H. The van der Waals surface area contributed by atoms with Crippen molar-refractivity contribution in [2.45, 2.75) is 0 Å². The smallest absolute Gasteiger partial charge is 0.459 e. The van der Waals surface area contributed by atoms with Gasteiger partial charge in [0.05, 0.1) is 0 Å². The molecule has 194 valence electrons. The molecule has 0 heterocycles. The number of hydrogen-bond donors (Lipinski definition) is 0. The molecule has 0 spiro atoms. The molecule has 0 atom stereocenters. The Balaban J connectivity index is 1.71. The Morgan fingerprint density at radius 2 is 0.575 bits per heavy atom. The Hall–Kier alpha value is -4.49. The predicted octanol–water partition coefficient (Wildman–Crippen LogP) is 5.01. The highest BCUT2D eigenvalue weighted by atomic mass is 28.4. The van der Waals surface area contributed by atoms with Gasteiger partial charge in [-0.1, -0.05) is 170 Å². The maximum absolute atomic E-state index is 8.02. The summed E-state index contributed by atoms with van der Waals surface area (Å²) in [6, 6.07) is 63.2. The topological polar surface area (TPSA) is 18.5 Å². The first kappa shape index (κ1) is 25.8. The second-order valence-electron chi connectivity index (χ2n) is 9.65. The Bertz CT molecular complexity index is 1480. The first-order valence-corrected chi connectivity index (χ1v) is 17.3. The summed E-state index contributed by atoms with van der Waals surface area (Å²) in [5, 5.41) is 5.64. The van der Waals surface area contributed by atoms with Crippen LogP contribution in [-0.4, -0.2) is 16.9 Å². The van der Waals surface area contributed by atoms with Gasteiger partial charge in [-0.15, -0.1) is 0 Å². The molecule has 0 bridgehead atoms. The molecule has 0 fully saturated rings. The lowest BCUT2D eigenvalue weighted by Gasteiger charge is -2.42. The summed E-state index contributed by atoms with van der Waals surface area (Å²) in [5.74, 6) is 0.791. The predicted molar refractivity (Wildman–Crippen MR) is 170 cm³/mol. The molecule has 0 radical (unpaired) electrons. The van der Waals surface area contributed by atoms with E-state index in [1.807, 2.05) is 42.5 Å². The van der Waals surface area contributed by atoms with Gasteiger partial charge in [0.25, 0.3) is 8.32 Å². The van der Waals surface area contributed by atoms with Gasteiger partial charge in [-0.2, -0.15) is 0 Å². The van der Waals surface area contributed by atoms with Crippen molar-refractivity contribution in [3.05, 3.63) is 182 Å². The van der Waals surface area contributed by atoms with Crippen molar-refractivity contribution < 1.29 is 8.54 Å². The van der Waals surface area contributed by atoms with E-state index in [9.17, 15) is 0 Å². The Morgan fingerprint density at radius 3 is 0.900 bits per heavy atom. The number of hydrogen-bond acceptors (Lipinski definition) is 2. The summed E-state index contributed by atoms with van der Waals surface area (Å²) >= 11 is 0. The zero-order valence-corrected chi connectivity index (χ0v) is 24.1. The van der Waals surface area contributed by atoms with Crippen molar-refractivity contribution in [3.8, 4) is 5.75 Å². The van der Waals surface area contributed by atoms with Crippen molar-refractivity contribution in [1.29, 1.82) is 0 Å². The second kappa shape index (κ2) is 11.7. The molecule has 2 nitrogen and oxygen atoms in total. The minimum atomic E-state index is -3.41. The maximum atomic E-state index is 8.02. The van der Waals surface area contributed by atoms with Crippen LogP contribution in [0, 0.1) is 0 Å². The average Bonchev–Trinajstić information content (AvgIpc) is 3.06. The van der Waals surface area contributed by atoms with E-state index in [4.69, 9.17) is 8.54 Å². The third-order valence-corrected chi connectivity index (χ3v) is 15.7. The average molecular weight is 551 g/mol. The Kier molecular flexibility index (Phi) is 7.55. The zero-order chi connectivity index (χ0) is 27.1. The van der Waals surface area contributed by atoms with Gasteiger partial charge >= 0.3 is 8.56 Å². The first-order valence-electron chi connectivity index (χ1n) is 13.5. The lowest BCUT2D eigenvalue weighted by atomic mass is 10.3. The van der Waals surface area contributed by atoms with E-state index >= 15 is 0 Å². The van der Waals surface area contributed by atoms with Crippen LogP contribution in [0.25, 0.3) is 0 Å². The van der Waals surface area contributed by atoms with Gasteiger partial charge in [0.1, 0.15) is 5.75 Å². The minimum absolute atomic E-state index is 0.791. The van der Waals surface area contributed by atoms with Crippen molar-refractivity contribution in [1.82, 2.24) is 0 Å². The molecule has 6 rings (SSSR count). The van der Waals surface area contributed by atoms with E-state index in [0.29, 0.717) is 0 Å². The highest BCUT2D eigenvalue weighted by molar-refractivity contribution is 7.13. The van der Waals surface area contributed by atoms with Crippen molar-refractivity contribution in [2.75, 3.05) is 0 Å². The second-order valence-corrected chi connectivity index (χ2v) is 16.1. The molecule has 6 aromatic rings. The van der Waals surface area contributed by atoms with E-state index in [2.05, 4.69) is 140 Å². The molecule has 0 amide bonds. The Morgan fingerprint density at radius 1 is 0.300 bits per heavy atom. The van der Waals surface area contributed by atoms with Crippen LogP contribution >= 0.6 is 0 Å². The SMILES string of the molecule is c1ccc(O[Si](O[Si](c2ccccc2)(c2ccccc2)c2ccccc2)(c2ccccc2)c2ccccc2)cc1. The van der Waals surface area contributed by atoms with Gasteiger partial charge in [-0.25, -0.2) is 0 Å². The summed E-state index contributed by atoms with van der Waals surface area (Å²) in [4.78, 5) is 0. The van der Waals surface area contributed by atoms with E-state index in [-0.39, 0.29) is 0 Å². The van der Waals surface area contributed by atoms with Crippen molar-refractivity contribution in [2.24, 2.45) is 0 Å². The lowest BCUT2D eigenvalue weighted by molar-refractivity contribution is 0.423. The van der Waals surface area contributed by atoms with Crippen LogP contribution in [0.1, 0.15) is 0 Å². The minimum Gasteiger partial charge on any atom is -0.514 e. The molecule has 4 heteroatoms. The number of para-hydroxylation sites is 1. The molecule has 0 N–H and O–H groups in total. The van der Waals surface area contributed by atoms with Crippen LogP contribution in [0.5, 0.6) is 5.75 Å². The molecule has 0 aromatic heterocycles. The fourth-order valence-electron chi connectivity index (χ4n) is 5.30. The summed E-state index contributed by atoms with van der Waals surface area (Å²) < 4.78 is 15.3. The van der Waals surface area contributed by atoms with E-state index in [1.54, 1.807) is 0 Å². The van der Waals surface area contributed by atoms with Crippen molar-refractivity contribution >= 4 is 42.8 Å². The Labute approximate surface area is 238 Å².